The maximum absolute atomic E-state index is 15.7. The molecule has 3 heterocycles. The van der Waals surface area contributed by atoms with E-state index in [0.717, 1.165) is 78.9 Å². The predicted octanol–water partition coefficient (Wildman–Crippen LogP) is 6.73. The van der Waals surface area contributed by atoms with E-state index < -0.39 is 0 Å². The lowest BCUT2D eigenvalue weighted by Gasteiger charge is -2.44. The molecule has 2 aromatic rings. The minimum Gasteiger partial charge on any atom is -0.490 e. The minimum atomic E-state index is -0.388. The van der Waals surface area contributed by atoms with Gasteiger partial charge in [-0.1, -0.05) is 13.8 Å². The van der Waals surface area contributed by atoms with Crippen LogP contribution in [-0.2, 0) is 11.2 Å². The second kappa shape index (κ2) is 9.94. The summed E-state index contributed by atoms with van der Waals surface area (Å²) in [4.78, 5) is 15.4. The summed E-state index contributed by atoms with van der Waals surface area (Å²) in [6, 6.07) is 7.31. The number of benzene rings is 2. The molecular weight excluding hydrogens is 467 g/mol. The Kier molecular flexibility index (Phi) is 6.99. The van der Waals surface area contributed by atoms with Gasteiger partial charge >= 0.3 is 6.09 Å². The van der Waals surface area contributed by atoms with E-state index in [1.165, 1.54) is 0 Å². The topological polar surface area (TPSA) is 50.8 Å². The van der Waals surface area contributed by atoms with Gasteiger partial charge in [0.1, 0.15) is 17.7 Å². The van der Waals surface area contributed by atoms with Gasteiger partial charge in [-0.25, -0.2) is 9.18 Å². The zero-order chi connectivity index (χ0) is 26.5. The molecule has 1 amide bonds. The predicted molar refractivity (Wildman–Crippen MR) is 144 cm³/mol. The first-order valence-electron chi connectivity index (χ1n) is 13.8. The average Bonchev–Trinajstić information content (AvgIpc) is 2.83. The van der Waals surface area contributed by atoms with Gasteiger partial charge in [-0.3, -0.25) is 4.90 Å². The molecule has 0 spiro atoms. The summed E-state index contributed by atoms with van der Waals surface area (Å²) in [5.41, 5.74) is 5.17. The van der Waals surface area contributed by atoms with Crippen LogP contribution < -0.4 is 10.1 Å². The Labute approximate surface area is 220 Å². The van der Waals surface area contributed by atoms with E-state index >= 15 is 4.39 Å². The summed E-state index contributed by atoms with van der Waals surface area (Å²) in [7, 11) is 0. The van der Waals surface area contributed by atoms with Crippen LogP contribution >= 0.6 is 0 Å². The first-order chi connectivity index (χ1) is 17.5. The number of piperidine rings is 3. The van der Waals surface area contributed by atoms with Crippen molar-refractivity contribution in [1.29, 1.82) is 0 Å². The second-order valence-corrected chi connectivity index (χ2v) is 12.3. The lowest BCUT2D eigenvalue weighted by Crippen LogP contribution is -2.53. The molecule has 4 aliphatic rings. The fraction of sp³-hybridized carbons (Fsp3) is 0.581. The number of halogens is 1. The summed E-state index contributed by atoms with van der Waals surface area (Å²) in [6.45, 7) is 15.3. The summed E-state index contributed by atoms with van der Waals surface area (Å²) in [6.07, 6.45) is 3.56. The number of rotatable bonds is 5. The van der Waals surface area contributed by atoms with E-state index in [4.69, 9.17) is 9.47 Å². The summed E-state index contributed by atoms with van der Waals surface area (Å²) in [5, 5.41) is 3.14. The highest BCUT2D eigenvalue weighted by Crippen LogP contribution is 2.45. The Bertz CT molecular complexity index is 1160. The summed E-state index contributed by atoms with van der Waals surface area (Å²) >= 11 is 0. The lowest BCUT2D eigenvalue weighted by molar-refractivity contribution is -0.0353. The van der Waals surface area contributed by atoms with Crippen molar-refractivity contribution in [1.82, 2.24) is 10.2 Å². The highest BCUT2D eigenvalue weighted by molar-refractivity contribution is 5.71. The number of alkyl carbamates (subject to hydrolysis) is 1. The van der Waals surface area contributed by atoms with E-state index in [2.05, 4.69) is 24.1 Å². The number of nitrogens with zero attached hydrogens (tertiary/aromatic N) is 1. The number of carbonyl (C=O) groups is 1. The van der Waals surface area contributed by atoms with E-state index in [-0.39, 0.29) is 35.6 Å². The number of hydrogen-bond acceptors (Lipinski definition) is 4. The van der Waals surface area contributed by atoms with Crippen molar-refractivity contribution in [3.8, 4) is 16.9 Å². The van der Waals surface area contributed by atoms with E-state index in [0.29, 0.717) is 11.5 Å². The third kappa shape index (κ3) is 5.22. The van der Waals surface area contributed by atoms with Gasteiger partial charge in [0.2, 0.25) is 0 Å². The van der Waals surface area contributed by atoms with Gasteiger partial charge in [0.05, 0.1) is 12.1 Å². The molecule has 1 N–H and O–H groups in total. The van der Waals surface area contributed by atoms with Gasteiger partial charge in [-0.15, -0.1) is 0 Å². The van der Waals surface area contributed by atoms with Crippen LogP contribution in [0.4, 0.5) is 9.18 Å². The van der Waals surface area contributed by atoms with Crippen LogP contribution in [0.25, 0.3) is 11.1 Å². The van der Waals surface area contributed by atoms with Crippen LogP contribution in [0.2, 0.25) is 0 Å². The maximum atomic E-state index is 15.7. The molecule has 3 fully saturated rings. The van der Waals surface area contributed by atoms with Gasteiger partial charge in [0, 0.05) is 12.1 Å². The van der Waals surface area contributed by atoms with Gasteiger partial charge in [0.15, 0.2) is 0 Å². The van der Waals surface area contributed by atoms with Crippen molar-refractivity contribution in [2.75, 3.05) is 19.6 Å². The smallest absolute Gasteiger partial charge is 0.407 e. The zero-order valence-electron chi connectivity index (χ0n) is 23.1. The first kappa shape index (κ1) is 26.0. The SMILES string of the molecule is Cc1cc(-c2cc3c(cc2F)[C@H](NC(=O)O[C@H]2CN4CCC2CC4)C(C)(C)CC3)cc(C)c1OC(C)C. The Morgan fingerprint density at radius 2 is 1.78 bits per heavy atom. The Hall–Kier alpha value is -2.60. The molecule has 0 saturated carbocycles. The van der Waals surface area contributed by atoms with Crippen LogP contribution in [0, 0.1) is 31.0 Å². The van der Waals surface area contributed by atoms with Gasteiger partial charge in [-0.2, -0.15) is 0 Å². The molecule has 200 valence electrons. The molecule has 1 aliphatic carbocycles. The Morgan fingerprint density at radius 3 is 2.38 bits per heavy atom. The number of nitrogens with one attached hydrogen (secondary N) is 1. The van der Waals surface area contributed by atoms with Crippen LogP contribution in [0.15, 0.2) is 24.3 Å². The van der Waals surface area contributed by atoms with Crippen LogP contribution in [0.3, 0.4) is 0 Å². The lowest BCUT2D eigenvalue weighted by atomic mass is 9.70. The normalized spacial score (nSPS) is 26.1. The molecular formula is C31H41FN2O3. The van der Waals surface area contributed by atoms with Crippen molar-refractivity contribution in [3.63, 3.8) is 0 Å². The van der Waals surface area contributed by atoms with Crippen molar-refractivity contribution < 1.29 is 18.7 Å². The third-order valence-electron chi connectivity index (χ3n) is 8.60. The van der Waals surface area contributed by atoms with Crippen LogP contribution in [0.5, 0.6) is 5.75 Å². The largest absolute Gasteiger partial charge is 0.490 e. The molecule has 2 aromatic carbocycles. The zero-order valence-corrected chi connectivity index (χ0v) is 23.1. The van der Waals surface area contributed by atoms with Crippen molar-refractivity contribution in [2.45, 2.75) is 85.5 Å². The van der Waals surface area contributed by atoms with Crippen molar-refractivity contribution in [2.24, 2.45) is 11.3 Å². The van der Waals surface area contributed by atoms with E-state index in [1.54, 1.807) is 6.07 Å². The standard InChI is InChI=1S/C31H41FN2O3/c1-18(2)36-28-19(3)13-23(14-20(28)4)24-15-22-7-10-31(5,6)29(25(22)16-26(24)32)33-30(35)37-27-17-34-11-8-21(27)9-12-34/h13-16,18,21,27,29H,7-12,17H2,1-6H3,(H,33,35)/t27-,29-/m0/s1. The molecule has 37 heavy (non-hydrogen) atoms. The molecule has 2 atom stereocenters. The number of hydrogen-bond donors (Lipinski definition) is 1. The van der Waals surface area contributed by atoms with Crippen molar-refractivity contribution in [3.05, 3.63) is 52.3 Å². The van der Waals surface area contributed by atoms with Gasteiger partial charge in [-0.05, 0) is 130 Å². The molecule has 3 aliphatic heterocycles. The van der Waals surface area contributed by atoms with Crippen LogP contribution in [-0.4, -0.2) is 42.8 Å². The number of amides is 1. The molecule has 6 rings (SSSR count). The number of fused-ring (bicyclic) bond motifs is 4. The van der Waals surface area contributed by atoms with Crippen LogP contribution in [0.1, 0.15) is 75.3 Å². The van der Waals surface area contributed by atoms with Gasteiger partial charge < -0.3 is 14.8 Å². The Balaban J connectivity index is 1.40. The average molecular weight is 509 g/mol. The quantitative estimate of drug-likeness (QED) is 0.487. The second-order valence-electron chi connectivity index (χ2n) is 12.3. The molecule has 0 unspecified atom stereocenters. The molecule has 0 radical (unpaired) electrons. The molecule has 0 aromatic heterocycles. The highest BCUT2D eigenvalue weighted by atomic mass is 19.1. The molecule has 5 nitrogen and oxygen atoms in total. The van der Waals surface area contributed by atoms with Gasteiger partial charge in [0.25, 0.3) is 0 Å². The monoisotopic (exact) mass is 508 g/mol. The Morgan fingerprint density at radius 1 is 1.11 bits per heavy atom. The number of aryl methyl sites for hydroxylation is 3. The molecule has 6 heteroatoms. The summed E-state index contributed by atoms with van der Waals surface area (Å²) < 4.78 is 27.6. The van der Waals surface area contributed by atoms with E-state index in [1.807, 2.05) is 45.9 Å². The number of ether oxygens (including phenoxy) is 2. The number of carbonyl (C=O) groups excluding carboxylic acids is 1. The fourth-order valence-corrected chi connectivity index (χ4v) is 6.50. The highest BCUT2D eigenvalue weighted by Gasteiger charge is 2.40. The summed E-state index contributed by atoms with van der Waals surface area (Å²) in [5.74, 6) is 1.04. The van der Waals surface area contributed by atoms with E-state index in [9.17, 15) is 4.79 Å². The maximum Gasteiger partial charge on any atom is 0.407 e. The first-order valence-corrected chi connectivity index (χ1v) is 13.8. The molecule has 2 bridgehead atoms. The minimum absolute atomic E-state index is 0.0538. The fourth-order valence-electron chi connectivity index (χ4n) is 6.50. The molecule has 3 saturated heterocycles. The van der Waals surface area contributed by atoms with Crippen molar-refractivity contribution >= 4 is 6.09 Å². The third-order valence-corrected chi connectivity index (χ3v) is 8.60.